The van der Waals surface area contributed by atoms with Crippen LogP contribution >= 0.6 is 34.0 Å². The molecular weight excluding hydrogens is 362 g/mol. The van der Waals surface area contributed by atoms with Gasteiger partial charge in [0, 0.05) is 36.0 Å². The van der Waals surface area contributed by atoms with Crippen LogP contribution in [0.25, 0.3) is 15.3 Å². The Kier molecular flexibility index (Phi) is 3.24. The van der Waals surface area contributed by atoms with Gasteiger partial charge in [0.15, 0.2) is 10.1 Å². The number of amides is 1. The summed E-state index contributed by atoms with van der Waals surface area (Å²) in [7, 11) is 2.11. The summed E-state index contributed by atoms with van der Waals surface area (Å²) in [5, 5.41) is 5.63. The number of hydrogen-bond acceptors (Lipinski definition) is 7. The summed E-state index contributed by atoms with van der Waals surface area (Å²) in [4.78, 5) is 27.7. The van der Waals surface area contributed by atoms with Gasteiger partial charge >= 0.3 is 0 Å². The Labute approximate surface area is 149 Å². The van der Waals surface area contributed by atoms with Crippen molar-refractivity contribution in [2.24, 2.45) is 0 Å². The van der Waals surface area contributed by atoms with Crippen molar-refractivity contribution in [1.82, 2.24) is 19.3 Å². The molecule has 0 fully saturated rings. The molecule has 1 N–H and O–H groups in total. The number of carbonyl (C=O) groups is 1. The summed E-state index contributed by atoms with van der Waals surface area (Å²) in [5.41, 5.74) is 2.11. The number of aromatic nitrogens is 3. The molecule has 6 nitrogen and oxygen atoms in total. The first-order chi connectivity index (χ1) is 11.7. The highest BCUT2D eigenvalue weighted by Crippen LogP contribution is 2.31. The van der Waals surface area contributed by atoms with Gasteiger partial charge in [-0.15, -0.1) is 34.0 Å². The van der Waals surface area contributed by atoms with Crippen LogP contribution in [0.15, 0.2) is 17.6 Å². The second-order valence-electron chi connectivity index (χ2n) is 5.80. The number of hydrogen-bond donors (Lipinski definition) is 1. The molecule has 4 aromatic heterocycles. The molecule has 0 saturated heterocycles. The number of anilines is 1. The van der Waals surface area contributed by atoms with Gasteiger partial charge in [-0.25, -0.2) is 9.97 Å². The molecule has 0 saturated carbocycles. The Morgan fingerprint density at radius 1 is 1.33 bits per heavy atom. The molecule has 5 heterocycles. The zero-order valence-corrected chi connectivity index (χ0v) is 15.2. The van der Waals surface area contributed by atoms with Gasteiger partial charge in [0.25, 0.3) is 5.91 Å². The largest absolute Gasteiger partial charge is 0.301 e. The summed E-state index contributed by atoms with van der Waals surface area (Å²) < 4.78 is 2.02. The van der Waals surface area contributed by atoms with Gasteiger partial charge in [0.2, 0.25) is 0 Å². The fourth-order valence-corrected chi connectivity index (χ4v) is 5.67. The van der Waals surface area contributed by atoms with Gasteiger partial charge in [-0.2, -0.15) is 0 Å². The number of nitrogens with one attached hydrogen (secondary N) is 1. The van der Waals surface area contributed by atoms with E-state index in [0.717, 1.165) is 40.5 Å². The summed E-state index contributed by atoms with van der Waals surface area (Å²) in [6.07, 6.45) is 2.93. The van der Waals surface area contributed by atoms with Gasteiger partial charge in [-0.1, -0.05) is 0 Å². The number of nitrogens with zero attached hydrogens (tertiary/aromatic N) is 4. The molecule has 0 atom stereocenters. The van der Waals surface area contributed by atoms with Crippen molar-refractivity contribution >= 4 is 60.4 Å². The number of likely N-dealkylation sites (N-methyl/N-ethyl adjacent to an activating group) is 1. The van der Waals surface area contributed by atoms with E-state index >= 15 is 0 Å². The van der Waals surface area contributed by atoms with E-state index in [1.807, 2.05) is 22.0 Å². The van der Waals surface area contributed by atoms with Gasteiger partial charge in [0.1, 0.15) is 4.83 Å². The lowest BCUT2D eigenvalue weighted by atomic mass is 10.2. The third-order valence-corrected chi connectivity index (χ3v) is 6.88. The highest BCUT2D eigenvalue weighted by atomic mass is 32.1. The standard InChI is InChI=1S/C15H13N5OS3/c1-19-3-2-8-11(7-19)24-14(16-8)17-12(21)10-6-9-13(23-10)18-15-20(9)4-5-22-15/h4-6H,2-3,7H2,1H3,(H,16,17,21). The van der Waals surface area contributed by atoms with E-state index in [1.165, 1.54) is 16.2 Å². The van der Waals surface area contributed by atoms with Crippen molar-refractivity contribution in [3.63, 3.8) is 0 Å². The maximum absolute atomic E-state index is 12.6. The minimum absolute atomic E-state index is 0.110. The van der Waals surface area contributed by atoms with E-state index in [2.05, 4.69) is 27.2 Å². The predicted octanol–water partition coefficient (Wildman–Crippen LogP) is 3.31. The SMILES string of the molecule is CN1CCc2nc(NC(=O)c3cc4c(nc5sccn54)s3)sc2C1. The Balaban J connectivity index is 1.43. The molecule has 0 spiro atoms. The van der Waals surface area contributed by atoms with Crippen molar-refractivity contribution in [2.45, 2.75) is 13.0 Å². The molecule has 4 aromatic rings. The number of thiophene rings is 1. The van der Waals surface area contributed by atoms with E-state index in [9.17, 15) is 4.79 Å². The van der Waals surface area contributed by atoms with E-state index < -0.39 is 0 Å². The number of carbonyl (C=O) groups excluding carboxylic acids is 1. The highest BCUT2D eigenvalue weighted by Gasteiger charge is 2.20. The van der Waals surface area contributed by atoms with Crippen molar-refractivity contribution in [3.05, 3.63) is 33.1 Å². The number of rotatable bonds is 2. The summed E-state index contributed by atoms with van der Waals surface area (Å²) in [5.74, 6) is -0.110. The third kappa shape index (κ3) is 2.27. The van der Waals surface area contributed by atoms with Gasteiger partial charge in [-0.3, -0.25) is 14.5 Å². The first-order valence-corrected chi connectivity index (χ1v) is 10.0. The first kappa shape index (κ1) is 14.5. The van der Waals surface area contributed by atoms with Crippen molar-refractivity contribution in [3.8, 4) is 0 Å². The zero-order valence-electron chi connectivity index (χ0n) is 12.8. The van der Waals surface area contributed by atoms with Crippen LogP contribution in [0.4, 0.5) is 5.13 Å². The van der Waals surface area contributed by atoms with E-state index in [0.29, 0.717) is 10.0 Å². The lowest BCUT2D eigenvalue weighted by Crippen LogP contribution is -2.25. The average molecular weight is 376 g/mol. The molecule has 5 rings (SSSR count). The van der Waals surface area contributed by atoms with E-state index in [4.69, 9.17) is 0 Å². The van der Waals surface area contributed by atoms with Gasteiger partial charge in [0.05, 0.1) is 16.1 Å². The topological polar surface area (TPSA) is 62.5 Å². The normalized spacial score (nSPS) is 15.2. The Hall–Kier alpha value is -1.81. The lowest BCUT2D eigenvalue weighted by Gasteiger charge is -2.20. The second kappa shape index (κ2) is 5.35. The van der Waals surface area contributed by atoms with Crippen LogP contribution in [0, 0.1) is 0 Å². The van der Waals surface area contributed by atoms with Crippen molar-refractivity contribution in [1.29, 1.82) is 0 Å². The molecule has 0 aromatic carbocycles. The summed E-state index contributed by atoms with van der Waals surface area (Å²) in [6, 6.07) is 1.91. The molecule has 1 amide bonds. The monoisotopic (exact) mass is 375 g/mol. The second-order valence-corrected chi connectivity index (χ2v) is 8.79. The smallest absolute Gasteiger partial charge is 0.267 e. The Morgan fingerprint density at radius 2 is 2.25 bits per heavy atom. The van der Waals surface area contributed by atoms with Crippen LogP contribution in [-0.2, 0) is 13.0 Å². The molecule has 1 aliphatic heterocycles. The number of fused-ring (bicyclic) bond motifs is 4. The molecular formula is C15H13N5OS3. The maximum atomic E-state index is 12.6. The van der Waals surface area contributed by atoms with E-state index in [1.54, 1.807) is 22.7 Å². The number of thiazole rings is 2. The fraction of sp³-hybridized carbons (Fsp3) is 0.267. The predicted molar refractivity (Wildman–Crippen MR) is 98.6 cm³/mol. The molecule has 0 bridgehead atoms. The van der Waals surface area contributed by atoms with Crippen LogP contribution in [0.5, 0.6) is 0 Å². The minimum Gasteiger partial charge on any atom is -0.301 e. The quantitative estimate of drug-likeness (QED) is 0.584. The highest BCUT2D eigenvalue weighted by molar-refractivity contribution is 7.21. The molecule has 1 aliphatic rings. The van der Waals surface area contributed by atoms with Crippen molar-refractivity contribution < 1.29 is 4.79 Å². The van der Waals surface area contributed by atoms with Crippen LogP contribution in [0.2, 0.25) is 0 Å². The Bertz CT molecular complexity index is 1070. The van der Waals surface area contributed by atoms with E-state index in [-0.39, 0.29) is 5.91 Å². The first-order valence-electron chi connectivity index (χ1n) is 7.51. The molecule has 0 radical (unpaired) electrons. The van der Waals surface area contributed by atoms with Crippen molar-refractivity contribution in [2.75, 3.05) is 18.9 Å². The summed E-state index contributed by atoms with van der Waals surface area (Å²) in [6.45, 7) is 1.93. The van der Waals surface area contributed by atoms with Crippen LogP contribution in [0.1, 0.15) is 20.2 Å². The third-order valence-electron chi connectivity index (χ3n) is 4.11. The summed E-state index contributed by atoms with van der Waals surface area (Å²) >= 11 is 4.59. The lowest BCUT2D eigenvalue weighted by molar-refractivity contribution is 0.103. The van der Waals surface area contributed by atoms with Crippen LogP contribution in [0.3, 0.4) is 0 Å². The fourth-order valence-electron chi connectivity index (χ4n) is 2.89. The molecule has 24 heavy (non-hydrogen) atoms. The van der Waals surface area contributed by atoms with Crippen LogP contribution in [-0.4, -0.2) is 38.8 Å². The maximum Gasteiger partial charge on any atom is 0.267 e. The zero-order chi connectivity index (χ0) is 16.3. The Morgan fingerprint density at radius 3 is 3.17 bits per heavy atom. The minimum atomic E-state index is -0.110. The molecule has 122 valence electrons. The number of imidazole rings is 1. The van der Waals surface area contributed by atoms with Crippen LogP contribution < -0.4 is 5.32 Å². The molecule has 9 heteroatoms. The van der Waals surface area contributed by atoms with Gasteiger partial charge in [-0.05, 0) is 13.1 Å². The average Bonchev–Trinajstić information content (AvgIpc) is 3.25. The molecule has 0 aliphatic carbocycles. The van der Waals surface area contributed by atoms with Gasteiger partial charge < -0.3 is 4.90 Å². The molecule has 0 unspecified atom stereocenters.